The van der Waals surface area contributed by atoms with Gasteiger partial charge in [-0.25, -0.2) is 0 Å². The molecule has 29 heavy (non-hydrogen) atoms. The van der Waals surface area contributed by atoms with E-state index >= 15 is 0 Å². The predicted octanol–water partition coefficient (Wildman–Crippen LogP) is 4.92. The first-order valence-electron chi connectivity index (χ1n) is 11.1. The number of carbonyl (C=O) groups excluding carboxylic acids is 1. The maximum atomic E-state index is 12.7. The molecule has 2 fully saturated rings. The fourth-order valence-corrected chi connectivity index (χ4v) is 4.37. The molecule has 2 N–H and O–H groups in total. The summed E-state index contributed by atoms with van der Waals surface area (Å²) in [4.78, 5) is 12.7. The second-order valence-corrected chi connectivity index (χ2v) is 9.78. The third kappa shape index (κ3) is 5.08. The van der Waals surface area contributed by atoms with E-state index in [-0.39, 0.29) is 11.4 Å². The van der Waals surface area contributed by atoms with Gasteiger partial charge in [-0.15, -0.1) is 0 Å². The van der Waals surface area contributed by atoms with Crippen molar-refractivity contribution >= 4 is 11.6 Å². The van der Waals surface area contributed by atoms with Gasteiger partial charge >= 0.3 is 0 Å². The van der Waals surface area contributed by atoms with Crippen molar-refractivity contribution < 1.29 is 4.79 Å². The van der Waals surface area contributed by atoms with Crippen molar-refractivity contribution in [2.45, 2.75) is 76.8 Å². The van der Waals surface area contributed by atoms with E-state index in [1.807, 2.05) is 23.0 Å². The van der Waals surface area contributed by atoms with Gasteiger partial charge < -0.3 is 10.6 Å². The molecule has 5 heteroatoms. The number of rotatable bonds is 6. The van der Waals surface area contributed by atoms with Crippen LogP contribution in [0.15, 0.2) is 36.7 Å². The molecule has 2 aliphatic rings. The van der Waals surface area contributed by atoms with Gasteiger partial charge in [-0.2, -0.15) is 5.10 Å². The molecule has 2 saturated carbocycles. The third-order valence-corrected chi connectivity index (χ3v) is 6.29. The Kier molecular flexibility index (Phi) is 5.77. The Bertz CT molecular complexity index is 845. The second kappa shape index (κ2) is 8.31. The Morgan fingerprint density at radius 3 is 2.72 bits per heavy atom. The van der Waals surface area contributed by atoms with E-state index in [0.717, 1.165) is 18.2 Å². The molecule has 2 unspecified atom stereocenters. The molecule has 1 heterocycles. The smallest absolute Gasteiger partial charge is 0.255 e. The third-order valence-electron chi connectivity index (χ3n) is 6.29. The van der Waals surface area contributed by atoms with Crippen LogP contribution in [-0.2, 0) is 5.54 Å². The van der Waals surface area contributed by atoms with Gasteiger partial charge in [0.1, 0.15) is 0 Å². The Labute approximate surface area is 174 Å². The number of nitrogens with zero attached hydrogens (tertiary/aromatic N) is 2. The van der Waals surface area contributed by atoms with Crippen LogP contribution in [0.5, 0.6) is 0 Å². The predicted molar refractivity (Wildman–Crippen MR) is 117 cm³/mol. The summed E-state index contributed by atoms with van der Waals surface area (Å²) >= 11 is 0. The van der Waals surface area contributed by atoms with Crippen molar-refractivity contribution in [3.05, 3.63) is 47.8 Å². The van der Waals surface area contributed by atoms with Crippen molar-refractivity contribution in [3.8, 4) is 0 Å². The number of hydrogen-bond donors (Lipinski definition) is 2. The lowest BCUT2D eigenvalue weighted by Crippen LogP contribution is -2.27. The number of nitrogens with one attached hydrogen (secondary N) is 2. The fraction of sp³-hybridized carbons (Fsp3) is 0.583. The quantitative estimate of drug-likeness (QED) is 0.731. The van der Waals surface area contributed by atoms with E-state index in [4.69, 9.17) is 0 Å². The average molecular weight is 395 g/mol. The maximum absolute atomic E-state index is 12.7. The van der Waals surface area contributed by atoms with Gasteiger partial charge in [-0.3, -0.25) is 9.48 Å². The molecule has 4 rings (SSSR count). The molecular formula is C24H34N4O. The van der Waals surface area contributed by atoms with Gasteiger partial charge in [0.05, 0.1) is 17.4 Å². The highest BCUT2D eigenvalue weighted by atomic mass is 16.1. The van der Waals surface area contributed by atoms with Gasteiger partial charge in [0, 0.05) is 23.7 Å². The van der Waals surface area contributed by atoms with E-state index in [2.05, 4.69) is 48.6 Å². The Balaban J connectivity index is 1.32. The zero-order valence-electron chi connectivity index (χ0n) is 17.9. The summed E-state index contributed by atoms with van der Waals surface area (Å²) in [5.41, 5.74) is 2.61. The zero-order valence-corrected chi connectivity index (χ0v) is 17.9. The lowest BCUT2D eigenvalue weighted by atomic mass is 9.89. The maximum Gasteiger partial charge on any atom is 0.255 e. The Morgan fingerprint density at radius 1 is 1.21 bits per heavy atom. The van der Waals surface area contributed by atoms with Crippen LogP contribution in [-0.4, -0.2) is 28.3 Å². The summed E-state index contributed by atoms with van der Waals surface area (Å²) in [6.45, 7) is 7.41. The summed E-state index contributed by atoms with van der Waals surface area (Å²) in [7, 11) is 0. The molecule has 0 aliphatic heterocycles. The Morgan fingerprint density at radius 2 is 2.00 bits per heavy atom. The van der Waals surface area contributed by atoms with Crippen LogP contribution < -0.4 is 10.6 Å². The summed E-state index contributed by atoms with van der Waals surface area (Å²) in [6, 6.07) is 8.66. The van der Waals surface area contributed by atoms with Crippen LogP contribution in [0.3, 0.4) is 0 Å². The molecule has 1 aromatic carbocycles. The first-order chi connectivity index (χ1) is 13.9. The number of aromatic nitrogens is 2. The largest absolute Gasteiger partial charge is 0.319 e. The molecule has 156 valence electrons. The van der Waals surface area contributed by atoms with Crippen molar-refractivity contribution in [2.75, 3.05) is 11.9 Å². The lowest BCUT2D eigenvalue weighted by molar-refractivity contribution is 0.102. The number of benzene rings is 1. The molecule has 0 radical (unpaired) electrons. The van der Waals surface area contributed by atoms with Crippen LogP contribution in [0.1, 0.15) is 81.1 Å². The van der Waals surface area contributed by atoms with E-state index in [1.165, 1.54) is 44.1 Å². The summed E-state index contributed by atoms with van der Waals surface area (Å²) in [6.07, 6.45) is 11.7. The molecule has 2 aromatic rings. The molecule has 2 aliphatic carbocycles. The summed E-state index contributed by atoms with van der Waals surface area (Å²) in [5.74, 6) is 1.32. The van der Waals surface area contributed by atoms with E-state index in [0.29, 0.717) is 17.5 Å². The number of hydrogen-bond acceptors (Lipinski definition) is 3. The highest BCUT2D eigenvalue weighted by Crippen LogP contribution is 2.41. The van der Waals surface area contributed by atoms with Crippen molar-refractivity contribution in [1.29, 1.82) is 0 Å². The lowest BCUT2D eigenvalue weighted by Gasteiger charge is -2.21. The van der Waals surface area contributed by atoms with Gasteiger partial charge in [0.15, 0.2) is 0 Å². The molecule has 5 nitrogen and oxygen atoms in total. The van der Waals surface area contributed by atoms with Gasteiger partial charge in [-0.1, -0.05) is 31.4 Å². The number of anilines is 1. The number of carbonyl (C=O) groups is 1. The fourth-order valence-electron chi connectivity index (χ4n) is 4.37. The topological polar surface area (TPSA) is 59.0 Å². The molecule has 0 bridgehead atoms. The molecule has 1 amide bonds. The first kappa shape index (κ1) is 20.1. The van der Waals surface area contributed by atoms with E-state index < -0.39 is 0 Å². The minimum absolute atomic E-state index is 0.0762. The molecule has 2 atom stereocenters. The van der Waals surface area contributed by atoms with Crippen LogP contribution in [0.25, 0.3) is 0 Å². The highest BCUT2D eigenvalue weighted by Gasteiger charge is 2.38. The molecule has 1 aromatic heterocycles. The monoisotopic (exact) mass is 394 g/mol. The van der Waals surface area contributed by atoms with Crippen molar-refractivity contribution in [1.82, 2.24) is 15.1 Å². The molecule has 0 spiro atoms. The van der Waals surface area contributed by atoms with Crippen LogP contribution in [0.2, 0.25) is 0 Å². The van der Waals surface area contributed by atoms with E-state index in [1.54, 1.807) is 6.20 Å². The minimum atomic E-state index is -0.103. The van der Waals surface area contributed by atoms with Crippen LogP contribution >= 0.6 is 0 Å². The first-order valence-corrected chi connectivity index (χ1v) is 11.1. The van der Waals surface area contributed by atoms with Crippen molar-refractivity contribution in [2.24, 2.45) is 5.92 Å². The second-order valence-electron chi connectivity index (χ2n) is 9.78. The van der Waals surface area contributed by atoms with Gasteiger partial charge in [0.2, 0.25) is 0 Å². The van der Waals surface area contributed by atoms with Crippen LogP contribution in [0.4, 0.5) is 5.69 Å². The van der Waals surface area contributed by atoms with Gasteiger partial charge in [0.25, 0.3) is 5.91 Å². The van der Waals surface area contributed by atoms with Crippen molar-refractivity contribution in [3.63, 3.8) is 0 Å². The SMILES string of the molecule is CC(C)(C)n1cc(NC(=O)c2cccc(C3CC3NCC3CCCCC3)c2)cn1. The van der Waals surface area contributed by atoms with E-state index in [9.17, 15) is 4.79 Å². The van der Waals surface area contributed by atoms with Crippen LogP contribution in [0, 0.1) is 5.92 Å². The highest BCUT2D eigenvalue weighted by molar-refractivity contribution is 6.04. The molecular weight excluding hydrogens is 360 g/mol. The zero-order chi connectivity index (χ0) is 20.4. The summed E-state index contributed by atoms with van der Waals surface area (Å²) < 4.78 is 1.87. The minimum Gasteiger partial charge on any atom is -0.319 e. The van der Waals surface area contributed by atoms with Gasteiger partial charge in [-0.05, 0) is 70.2 Å². The normalized spacial score (nSPS) is 22.4. The molecule has 0 saturated heterocycles. The standard InChI is InChI=1S/C24H34N4O/c1-24(2,3)28-16-20(15-26-28)27-23(29)19-11-7-10-18(12-19)21-13-22(21)25-14-17-8-5-4-6-9-17/h7,10-12,15-17,21-22,25H,4-6,8-9,13-14H2,1-3H3,(H,27,29). The average Bonchev–Trinajstić information content (AvgIpc) is 3.34. The Hall–Kier alpha value is -2.14. The number of amides is 1. The summed E-state index contributed by atoms with van der Waals surface area (Å²) in [5, 5.41) is 11.1.